The van der Waals surface area contributed by atoms with E-state index in [9.17, 15) is 4.79 Å². The lowest BCUT2D eigenvalue weighted by molar-refractivity contribution is 0.0940. The monoisotopic (exact) mass is 363 g/mol. The zero-order valence-electron chi connectivity index (χ0n) is 13.6. The molecule has 0 aromatic carbocycles. The molecule has 0 atom stereocenters. The van der Waals surface area contributed by atoms with Gasteiger partial charge in [0.25, 0.3) is 5.91 Å². The summed E-state index contributed by atoms with van der Waals surface area (Å²) in [5.41, 5.74) is 3.22. The van der Waals surface area contributed by atoms with Gasteiger partial charge in [-0.15, -0.1) is 0 Å². The van der Waals surface area contributed by atoms with E-state index in [1.165, 1.54) is 0 Å². The predicted octanol–water partition coefficient (Wildman–Crippen LogP) is 3.37. The summed E-state index contributed by atoms with van der Waals surface area (Å²) in [5.74, 6) is 0.0534. The number of nitrogens with one attached hydrogen (secondary N) is 1. The van der Waals surface area contributed by atoms with E-state index in [-0.39, 0.29) is 5.91 Å². The van der Waals surface area contributed by atoms with Crippen molar-refractivity contribution < 1.29 is 4.79 Å². The van der Waals surface area contributed by atoms with E-state index in [1.54, 1.807) is 29.1 Å². The van der Waals surface area contributed by atoms with Crippen molar-refractivity contribution in [3.63, 3.8) is 0 Å². The van der Waals surface area contributed by atoms with Crippen LogP contribution in [-0.2, 0) is 6.54 Å². The van der Waals surface area contributed by atoms with Crippen molar-refractivity contribution >= 4 is 23.0 Å². The molecule has 0 saturated carbocycles. The Bertz CT molecular complexity index is 1060. The summed E-state index contributed by atoms with van der Waals surface area (Å²) in [6, 6.07) is 12.9. The van der Waals surface area contributed by atoms with Crippen LogP contribution in [0.2, 0.25) is 5.15 Å². The highest BCUT2D eigenvalue weighted by Crippen LogP contribution is 2.25. The summed E-state index contributed by atoms with van der Waals surface area (Å²) in [6.07, 6.45) is 6.87. The molecule has 0 aliphatic heterocycles. The number of amides is 1. The summed E-state index contributed by atoms with van der Waals surface area (Å²) in [4.78, 5) is 25.4. The van der Waals surface area contributed by atoms with Gasteiger partial charge in [-0.1, -0.05) is 23.7 Å². The SMILES string of the molecule is O=C(NCc1cccnc1)c1nc(-c2ccc(Cl)nc2)c2ccccn12. The third-order valence-corrected chi connectivity index (χ3v) is 4.15. The summed E-state index contributed by atoms with van der Waals surface area (Å²) >= 11 is 5.87. The number of halogens is 1. The van der Waals surface area contributed by atoms with Crippen molar-refractivity contribution in [2.75, 3.05) is 0 Å². The van der Waals surface area contributed by atoms with Crippen LogP contribution in [0.3, 0.4) is 0 Å². The number of rotatable bonds is 4. The van der Waals surface area contributed by atoms with Gasteiger partial charge in [-0.05, 0) is 35.9 Å². The minimum absolute atomic E-state index is 0.261. The summed E-state index contributed by atoms with van der Waals surface area (Å²) < 4.78 is 1.77. The number of fused-ring (bicyclic) bond motifs is 1. The minimum Gasteiger partial charge on any atom is -0.345 e. The van der Waals surface area contributed by atoms with Crippen LogP contribution in [0.4, 0.5) is 0 Å². The Hall–Kier alpha value is -3.25. The number of carbonyl (C=O) groups excluding carboxylic acids is 1. The van der Waals surface area contributed by atoms with Crippen LogP contribution in [0.1, 0.15) is 16.2 Å². The molecule has 0 radical (unpaired) electrons. The van der Waals surface area contributed by atoms with Crippen LogP contribution >= 0.6 is 11.6 Å². The molecular formula is C19H14ClN5O. The van der Waals surface area contributed by atoms with E-state index in [4.69, 9.17) is 11.6 Å². The second-order valence-corrected chi connectivity index (χ2v) is 6.04. The van der Waals surface area contributed by atoms with Crippen LogP contribution in [0.25, 0.3) is 16.8 Å². The Kier molecular flexibility index (Phi) is 4.33. The third-order valence-electron chi connectivity index (χ3n) is 3.93. The van der Waals surface area contributed by atoms with Gasteiger partial charge in [0.1, 0.15) is 5.15 Å². The van der Waals surface area contributed by atoms with Gasteiger partial charge in [-0.25, -0.2) is 9.97 Å². The van der Waals surface area contributed by atoms with Crippen LogP contribution in [0, 0.1) is 0 Å². The highest BCUT2D eigenvalue weighted by atomic mass is 35.5. The molecule has 4 aromatic heterocycles. The first-order valence-corrected chi connectivity index (χ1v) is 8.36. The molecule has 26 heavy (non-hydrogen) atoms. The molecule has 0 unspecified atom stereocenters. The van der Waals surface area contributed by atoms with Crippen LogP contribution in [0.5, 0.6) is 0 Å². The van der Waals surface area contributed by atoms with Crippen molar-refractivity contribution in [3.05, 3.63) is 83.8 Å². The number of hydrogen-bond acceptors (Lipinski definition) is 4. The largest absolute Gasteiger partial charge is 0.345 e. The number of aromatic nitrogens is 4. The first-order chi connectivity index (χ1) is 12.7. The normalized spacial score (nSPS) is 10.8. The van der Waals surface area contributed by atoms with E-state index >= 15 is 0 Å². The van der Waals surface area contributed by atoms with E-state index in [2.05, 4.69) is 20.3 Å². The molecule has 0 aliphatic rings. The lowest BCUT2D eigenvalue weighted by Gasteiger charge is -2.04. The number of nitrogens with zero attached hydrogens (tertiary/aromatic N) is 4. The molecular weight excluding hydrogens is 350 g/mol. The smallest absolute Gasteiger partial charge is 0.287 e. The Labute approximate surface area is 154 Å². The van der Waals surface area contributed by atoms with Crippen molar-refractivity contribution in [3.8, 4) is 11.3 Å². The van der Waals surface area contributed by atoms with Crippen molar-refractivity contribution in [1.29, 1.82) is 0 Å². The number of hydrogen-bond donors (Lipinski definition) is 1. The second-order valence-electron chi connectivity index (χ2n) is 5.65. The lowest BCUT2D eigenvalue weighted by atomic mass is 10.2. The molecule has 128 valence electrons. The molecule has 7 heteroatoms. The molecule has 4 heterocycles. The molecule has 6 nitrogen and oxygen atoms in total. The maximum atomic E-state index is 12.7. The topological polar surface area (TPSA) is 72.2 Å². The van der Waals surface area contributed by atoms with E-state index < -0.39 is 0 Å². The molecule has 0 spiro atoms. The Morgan fingerprint density at radius 3 is 2.81 bits per heavy atom. The Morgan fingerprint density at radius 2 is 2.04 bits per heavy atom. The first kappa shape index (κ1) is 16.2. The van der Waals surface area contributed by atoms with E-state index in [1.807, 2.05) is 42.6 Å². The van der Waals surface area contributed by atoms with Crippen molar-refractivity contribution in [2.24, 2.45) is 0 Å². The first-order valence-electron chi connectivity index (χ1n) is 7.98. The van der Waals surface area contributed by atoms with Gasteiger partial charge < -0.3 is 5.32 Å². The second kappa shape index (κ2) is 6.93. The quantitative estimate of drug-likeness (QED) is 0.564. The molecule has 1 amide bonds. The van der Waals surface area contributed by atoms with Crippen LogP contribution < -0.4 is 5.32 Å². The van der Waals surface area contributed by atoms with E-state index in [0.29, 0.717) is 23.2 Å². The average molecular weight is 364 g/mol. The van der Waals surface area contributed by atoms with Gasteiger partial charge in [0.15, 0.2) is 0 Å². The highest BCUT2D eigenvalue weighted by molar-refractivity contribution is 6.29. The van der Waals surface area contributed by atoms with Crippen LogP contribution in [0.15, 0.2) is 67.3 Å². The fourth-order valence-electron chi connectivity index (χ4n) is 2.69. The zero-order valence-corrected chi connectivity index (χ0v) is 14.4. The number of carbonyl (C=O) groups is 1. The molecule has 1 N–H and O–H groups in total. The molecule has 0 bridgehead atoms. The molecule has 0 saturated heterocycles. The zero-order chi connectivity index (χ0) is 17.9. The minimum atomic E-state index is -0.261. The molecule has 4 rings (SSSR count). The standard InChI is InChI=1S/C19H14ClN5O/c20-16-7-6-14(12-22-16)17-15-5-1-2-9-25(15)18(24-17)19(26)23-11-13-4-3-8-21-10-13/h1-10,12H,11H2,(H,23,26). The molecule has 4 aromatic rings. The summed E-state index contributed by atoms with van der Waals surface area (Å²) in [6.45, 7) is 0.381. The predicted molar refractivity (Wildman–Crippen MR) is 98.8 cm³/mol. The molecule has 0 aliphatic carbocycles. The van der Waals surface area contributed by atoms with Crippen molar-refractivity contribution in [2.45, 2.75) is 6.54 Å². The summed E-state index contributed by atoms with van der Waals surface area (Å²) in [5, 5.41) is 3.29. The number of imidazole rings is 1. The van der Waals surface area contributed by atoms with Gasteiger partial charge in [-0.3, -0.25) is 14.2 Å². The lowest BCUT2D eigenvalue weighted by Crippen LogP contribution is -2.25. The highest BCUT2D eigenvalue weighted by Gasteiger charge is 2.18. The van der Waals surface area contributed by atoms with Gasteiger partial charge >= 0.3 is 0 Å². The third kappa shape index (κ3) is 3.14. The van der Waals surface area contributed by atoms with Gasteiger partial charge in [0.2, 0.25) is 5.82 Å². The molecule has 0 fully saturated rings. The van der Waals surface area contributed by atoms with Crippen molar-refractivity contribution in [1.82, 2.24) is 24.7 Å². The Morgan fingerprint density at radius 1 is 1.12 bits per heavy atom. The van der Waals surface area contributed by atoms with Gasteiger partial charge in [0.05, 0.1) is 11.2 Å². The average Bonchev–Trinajstić information content (AvgIpc) is 3.07. The fourth-order valence-corrected chi connectivity index (χ4v) is 2.80. The Balaban J connectivity index is 1.69. The summed E-state index contributed by atoms with van der Waals surface area (Å²) in [7, 11) is 0. The van der Waals surface area contributed by atoms with Crippen LogP contribution in [-0.4, -0.2) is 25.3 Å². The van der Waals surface area contributed by atoms with Gasteiger partial charge in [0, 0.05) is 36.9 Å². The van der Waals surface area contributed by atoms with Gasteiger partial charge in [-0.2, -0.15) is 0 Å². The number of pyridine rings is 3. The maximum absolute atomic E-state index is 12.7. The van der Waals surface area contributed by atoms with E-state index in [0.717, 1.165) is 16.6 Å². The maximum Gasteiger partial charge on any atom is 0.287 e. The fraction of sp³-hybridized carbons (Fsp3) is 0.0526.